The van der Waals surface area contributed by atoms with Crippen LogP contribution >= 0.6 is 11.6 Å². The number of benzene rings is 1. The maximum atomic E-state index is 12.3. The second kappa shape index (κ2) is 6.11. The summed E-state index contributed by atoms with van der Waals surface area (Å²) in [5.41, 5.74) is 1.14. The van der Waals surface area contributed by atoms with Gasteiger partial charge in [0.05, 0.1) is 0 Å². The van der Waals surface area contributed by atoms with E-state index in [0.29, 0.717) is 23.1 Å². The van der Waals surface area contributed by atoms with Crippen LogP contribution in [0.4, 0.5) is 0 Å². The zero-order valence-corrected chi connectivity index (χ0v) is 12.6. The van der Waals surface area contributed by atoms with Gasteiger partial charge in [-0.2, -0.15) is 0 Å². The molecule has 0 radical (unpaired) electrons. The number of carbonyl (C=O) groups excluding carboxylic acids is 1. The highest BCUT2D eigenvalue weighted by Gasteiger charge is 2.25. The van der Waals surface area contributed by atoms with Gasteiger partial charge in [-0.25, -0.2) is 0 Å². The standard InChI is InChI=1S/C15H13ClN2O4/c1-20-18-6-2-3-11(16)14(18)15(19)17-8-10-4-5-12-13(7-10)22-9-21-12/h2-7H,8-9H2,1H3/p+1. The van der Waals surface area contributed by atoms with Crippen molar-refractivity contribution in [2.45, 2.75) is 6.54 Å². The fraction of sp³-hybridized carbons (Fsp3) is 0.200. The average molecular weight is 322 g/mol. The highest BCUT2D eigenvalue weighted by Crippen LogP contribution is 2.32. The predicted octanol–water partition coefficient (Wildman–Crippen LogP) is 1.34. The van der Waals surface area contributed by atoms with Crippen LogP contribution in [0.2, 0.25) is 5.02 Å². The molecule has 1 aromatic carbocycles. The maximum Gasteiger partial charge on any atom is 0.339 e. The summed E-state index contributed by atoms with van der Waals surface area (Å²) in [6, 6.07) is 8.84. The minimum atomic E-state index is -0.329. The van der Waals surface area contributed by atoms with Gasteiger partial charge < -0.3 is 14.8 Å². The zero-order chi connectivity index (χ0) is 15.5. The predicted molar refractivity (Wildman–Crippen MR) is 77.9 cm³/mol. The van der Waals surface area contributed by atoms with Crippen molar-refractivity contribution in [3.63, 3.8) is 0 Å². The van der Waals surface area contributed by atoms with Gasteiger partial charge in [-0.05, 0) is 23.8 Å². The van der Waals surface area contributed by atoms with Gasteiger partial charge in [0.2, 0.25) is 13.0 Å². The third kappa shape index (κ3) is 2.78. The van der Waals surface area contributed by atoms with E-state index in [1.165, 1.54) is 11.8 Å². The van der Waals surface area contributed by atoms with Gasteiger partial charge in [-0.1, -0.05) is 17.7 Å². The normalized spacial score (nSPS) is 12.1. The van der Waals surface area contributed by atoms with Crippen molar-refractivity contribution in [1.29, 1.82) is 0 Å². The van der Waals surface area contributed by atoms with Gasteiger partial charge in [0.1, 0.15) is 12.1 Å². The smallest absolute Gasteiger partial charge is 0.339 e. The molecule has 6 nitrogen and oxygen atoms in total. The van der Waals surface area contributed by atoms with E-state index < -0.39 is 0 Å². The molecule has 0 saturated heterocycles. The van der Waals surface area contributed by atoms with Crippen LogP contribution in [0, 0.1) is 0 Å². The van der Waals surface area contributed by atoms with E-state index >= 15 is 0 Å². The SMILES string of the molecule is CO[n+]1cccc(Cl)c1C(=O)NCc1ccc2c(c1)OCO2. The second-order valence-electron chi connectivity index (χ2n) is 4.58. The van der Waals surface area contributed by atoms with E-state index in [0.717, 1.165) is 5.56 Å². The number of halogens is 1. The molecule has 2 heterocycles. The number of nitrogens with zero attached hydrogens (tertiary/aromatic N) is 1. The summed E-state index contributed by atoms with van der Waals surface area (Å²) in [6.45, 7) is 0.559. The number of fused-ring (bicyclic) bond motifs is 1. The third-order valence-electron chi connectivity index (χ3n) is 3.21. The lowest BCUT2D eigenvalue weighted by Gasteiger charge is -2.06. The number of amides is 1. The van der Waals surface area contributed by atoms with Crippen LogP contribution in [0.15, 0.2) is 36.5 Å². The van der Waals surface area contributed by atoms with Gasteiger partial charge in [0.15, 0.2) is 11.5 Å². The van der Waals surface area contributed by atoms with E-state index in [-0.39, 0.29) is 18.4 Å². The molecule has 2 aromatic rings. The Balaban J connectivity index is 1.73. The maximum absolute atomic E-state index is 12.3. The number of carbonyl (C=O) groups is 1. The van der Waals surface area contributed by atoms with Crippen LogP contribution < -0.4 is 24.4 Å². The third-order valence-corrected chi connectivity index (χ3v) is 3.52. The first-order valence-corrected chi connectivity index (χ1v) is 6.98. The fourth-order valence-corrected chi connectivity index (χ4v) is 2.38. The topological polar surface area (TPSA) is 60.7 Å². The Hall–Kier alpha value is -2.47. The number of rotatable bonds is 4. The van der Waals surface area contributed by atoms with Gasteiger partial charge in [-0.3, -0.25) is 9.63 Å². The molecule has 0 aliphatic carbocycles. The van der Waals surface area contributed by atoms with E-state index in [1.807, 2.05) is 18.2 Å². The van der Waals surface area contributed by atoms with Crippen LogP contribution in [0.1, 0.15) is 16.1 Å². The quantitative estimate of drug-likeness (QED) is 0.864. The number of nitrogens with one attached hydrogen (secondary N) is 1. The fourth-order valence-electron chi connectivity index (χ4n) is 2.14. The first-order chi connectivity index (χ1) is 10.7. The molecule has 0 spiro atoms. The highest BCUT2D eigenvalue weighted by molar-refractivity contribution is 6.33. The molecule has 1 aliphatic heterocycles. The van der Waals surface area contributed by atoms with Crippen molar-refractivity contribution >= 4 is 17.5 Å². The van der Waals surface area contributed by atoms with Crippen LogP contribution in [-0.4, -0.2) is 19.8 Å². The van der Waals surface area contributed by atoms with Gasteiger partial charge in [-0.15, -0.1) is 0 Å². The monoisotopic (exact) mass is 321 g/mol. The molecular formula is C15H14ClN2O4+. The molecule has 0 bridgehead atoms. The Morgan fingerprint density at radius 2 is 2.18 bits per heavy atom. The molecule has 0 atom stereocenters. The first-order valence-electron chi connectivity index (χ1n) is 6.60. The molecule has 0 fully saturated rings. The van der Waals surface area contributed by atoms with Crippen LogP contribution in [0.3, 0.4) is 0 Å². The van der Waals surface area contributed by atoms with E-state index in [4.69, 9.17) is 25.9 Å². The lowest BCUT2D eigenvalue weighted by molar-refractivity contribution is -0.886. The molecule has 0 saturated carbocycles. The van der Waals surface area contributed by atoms with Gasteiger partial charge >= 0.3 is 11.6 Å². The second-order valence-corrected chi connectivity index (χ2v) is 4.99. The molecule has 1 amide bonds. The first kappa shape index (κ1) is 14.5. The minimum absolute atomic E-state index is 0.221. The summed E-state index contributed by atoms with van der Waals surface area (Å²) in [5.74, 6) is 1.06. The lowest BCUT2D eigenvalue weighted by atomic mass is 10.2. The van der Waals surface area contributed by atoms with E-state index in [9.17, 15) is 4.79 Å². The summed E-state index contributed by atoms with van der Waals surface area (Å²) >= 11 is 6.06. The Morgan fingerprint density at radius 1 is 1.36 bits per heavy atom. The molecule has 1 N–H and O–H groups in total. The van der Waals surface area contributed by atoms with Crippen molar-refractivity contribution < 1.29 is 23.8 Å². The summed E-state index contributed by atoms with van der Waals surface area (Å²) in [7, 11) is 1.46. The number of pyridine rings is 1. The average Bonchev–Trinajstić information content (AvgIpc) is 2.99. The van der Waals surface area contributed by atoms with Crippen molar-refractivity contribution in [2.24, 2.45) is 0 Å². The molecule has 7 heteroatoms. The Morgan fingerprint density at radius 3 is 3.00 bits per heavy atom. The van der Waals surface area contributed by atoms with Gasteiger partial charge in [0.25, 0.3) is 0 Å². The molecule has 0 unspecified atom stereocenters. The Kier molecular flexibility index (Phi) is 4.02. The number of aromatic nitrogens is 1. The van der Waals surface area contributed by atoms with Crippen LogP contribution in [0.5, 0.6) is 11.5 Å². The van der Waals surface area contributed by atoms with E-state index in [2.05, 4.69) is 5.32 Å². The molecule has 3 rings (SSSR count). The lowest BCUT2D eigenvalue weighted by Crippen LogP contribution is -2.48. The summed E-state index contributed by atoms with van der Waals surface area (Å²) in [5, 5.41) is 3.11. The van der Waals surface area contributed by atoms with Crippen molar-refractivity contribution in [2.75, 3.05) is 13.9 Å². The molecule has 1 aromatic heterocycles. The van der Waals surface area contributed by atoms with Gasteiger partial charge in [0, 0.05) is 17.3 Å². The molecular weight excluding hydrogens is 308 g/mol. The number of ether oxygens (including phenoxy) is 2. The van der Waals surface area contributed by atoms with Crippen LogP contribution in [0.25, 0.3) is 0 Å². The number of hydrogen-bond acceptors (Lipinski definition) is 4. The Labute approximate surface area is 132 Å². The van der Waals surface area contributed by atoms with Crippen molar-refractivity contribution in [1.82, 2.24) is 5.32 Å². The summed E-state index contributed by atoms with van der Waals surface area (Å²) in [6.07, 6.45) is 1.61. The van der Waals surface area contributed by atoms with Crippen molar-refractivity contribution in [3.8, 4) is 11.5 Å². The van der Waals surface area contributed by atoms with E-state index in [1.54, 1.807) is 18.3 Å². The highest BCUT2D eigenvalue weighted by atomic mass is 35.5. The largest absolute Gasteiger partial charge is 0.454 e. The summed E-state index contributed by atoms with van der Waals surface area (Å²) < 4.78 is 11.9. The molecule has 1 aliphatic rings. The zero-order valence-electron chi connectivity index (χ0n) is 11.8. The van der Waals surface area contributed by atoms with Crippen LogP contribution in [-0.2, 0) is 6.54 Å². The number of hydrogen-bond donors (Lipinski definition) is 1. The molecule has 114 valence electrons. The Bertz CT molecular complexity index is 721. The summed E-state index contributed by atoms with van der Waals surface area (Å²) in [4.78, 5) is 17.4. The molecule has 22 heavy (non-hydrogen) atoms. The minimum Gasteiger partial charge on any atom is -0.454 e. The van der Waals surface area contributed by atoms with Crippen molar-refractivity contribution in [3.05, 3.63) is 52.8 Å².